The van der Waals surface area contributed by atoms with Crippen molar-refractivity contribution in [3.63, 3.8) is 0 Å². The molecule has 2 fully saturated rings. The van der Waals surface area contributed by atoms with E-state index in [0.29, 0.717) is 72.2 Å². The molecule has 0 atom stereocenters. The van der Waals surface area contributed by atoms with Crippen molar-refractivity contribution in [2.75, 3.05) is 57.9 Å². The Hall–Kier alpha value is -2.96. The van der Waals surface area contributed by atoms with Gasteiger partial charge in [-0.1, -0.05) is 30.0 Å². The highest BCUT2D eigenvalue weighted by Crippen LogP contribution is 2.33. The molecule has 2 aromatic rings. The van der Waals surface area contributed by atoms with Crippen LogP contribution >= 0.6 is 24.0 Å². The molecule has 2 aliphatic heterocycles. The molecule has 35 heavy (non-hydrogen) atoms. The third kappa shape index (κ3) is 5.04. The zero-order valence-corrected chi connectivity index (χ0v) is 21.5. The second-order valence-electron chi connectivity index (χ2n) is 8.04. The van der Waals surface area contributed by atoms with Crippen molar-refractivity contribution < 1.29 is 19.1 Å². The van der Waals surface area contributed by atoms with Gasteiger partial charge in [0.1, 0.15) is 15.8 Å². The van der Waals surface area contributed by atoms with Crippen LogP contribution in [0.1, 0.15) is 18.1 Å². The van der Waals surface area contributed by atoms with Crippen LogP contribution in [0.4, 0.5) is 10.6 Å². The van der Waals surface area contributed by atoms with Crippen molar-refractivity contribution in [3.8, 4) is 0 Å². The van der Waals surface area contributed by atoms with Crippen molar-refractivity contribution in [2.24, 2.45) is 0 Å². The maximum absolute atomic E-state index is 13.6. The summed E-state index contributed by atoms with van der Waals surface area (Å²) in [6.45, 7) is 6.50. The Morgan fingerprint density at radius 1 is 1.26 bits per heavy atom. The van der Waals surface area contributed by atoms with Gasteiger partial charge < -0.3 is 19.3 Å². The third-order valence-electron chi connectivity index (χ3n) is 5.84. The molecule has 0 radical (unpaired) electrons. The lowest BCUT2D eigenvalue weighted by atomic mass is 10.2. The lowest BCUT2D eigenvalue weighted by molar-refractivity contribution is -0.122. The van der Waals surface area contributed by atoms with Gasteiger partial charge >= 0.3 is 6.09 Å². The standard InChI is InChI=1S/C23H27N5O5S2/c1-4-33-22(31)26-10-8-25(9-11-26)19-16(20(29)27-7-5-6-15(2)18(27)24-19)14-17-21(30)28(12-13-32-3)23(34)35-17/h5-7,14H,4,8-13H2,1-3H3. The predicted octanol–water partition coefficient (Wildman–Crippen LogP) is 2.13. The molecule has 12 heteroatoms. The number of anilines is 1. The van der Waals surface area contributed by atoms with E-state index in [2.05, 4.69) is 0 Å². The maximum atomic E-state index is 13.6. The fourth-order valence-corrected chi connectivity index (χ4v) is 5.28. The van der Waals surface area contributed by atoms with E-state index in [1.54, 1.807) is 37.3 Å². The van der Waals surface area contributed by atoms with Crippen LogP contribution < -0.4 is 10.5 Å². The van der Waals surface area contributed by atoms with E-state index in [-0.39, 0.29) is 17.6 Å². The Bertz CT molecular complexity index is 1250. The molecule has 0 bridgehead atoms. The topological polar surface area (TPSA) is 96.7 Å². The number of methoxy groups -OCH3 is 1. The SMILES string of the molecule is CCOC(=O)N1CCN(c2nc3c(C)cccn3c(=O)c2C=C2SC(=S)N(CCOC)C2=O)CC1. The molecule has 4 heterocycles. The van der Waals surface area contributed by atoms with Crippen molar-refractivity contribution in [1.29, 1.82) is 0 Å². The maximum Gasteiger partial charge on any atom is 0.409 e. The molecule has 2 amide bonds. The number of aryl methyl sites for hydroxylation is 1. The largest absolute Gasteiger partial charge is 0.450 e. The number of hydrogen-bond acceptors (Lipinski definition) is 9. The molecule has 0 unspecified atom stereocenters. The average Bonchev–Trinajstić information content (AvgIpc) is 3.12. The summed E-state index contributed by atoms with van der Waals surface area (Å²) in [6.07, 6.45) is 2.90. The number of nitrogens with zero attached hydrogens (tertiary/aromatic N) is 5. The summed E-state index contributed by atoms with van der Waals surface area (Å²) in [5, 5.41) is 0. The van der Waals surface area contributed by atoms with Gasteiger partial charge in [-0.15, -0.1) is 0 Å². The summed E-state index contributed by atoms with van der Waals surface area (Å²) in [7, 11) is 1.56. The van der Waals surface area contributed by atoms with E-state index in [1.165, 1.54) is 9.30 Å². The van der Waals surface area contributed by atoms with Gasteiger partial charge in [0.2, 0.25) is 0 Å². The summed E-state index contributed by atoms with van der Waals surface area (Å²) in [4.78, 5) is 49.0. The molecule has 0 spiro atoms. The van der Waals surface area contributed by atoms with Gasteiger partial charge in [-0.05, 0) is 31.6 Å². The summed E-state index contributed by atoms with van der Waals surface area (Å²) in [6, 6.07) is 3.68. The molecule has 0 N–H and O–H groups in total. The zero-order chi connectivity index (χ0) is 25.1. The summed E-state index contributed by atoms with van der Waals surface area (Å²) in [5.74, 6) is 0.221. The van der Waals surface area contributed by atoms with E-state index in [1.807, 2.05) is 17.9 Å². The van der Waals surface area contributed by atoms with E-state index < -0.39 is 0 Å². The smallest absolute Gasteiger partial charge is 0.409 e. The molecular formula is C23H27N5O5S2. The molecule has 2 saturated heterocycles. The molecule has 186 valence electrons. The van der Waals surface area contributed by atoms with Crippen LogP contribution in [0.2, 0.25) is 0 Å². The van der Waals surface area contributed by atoms with Crippen LogP contribution in [0, 0.1) is 6.92 Å². The van der Waals surface area contributed by atoms with Crippen LogP contribution in [0.25, 0.3) is 11.7 Å². The van der Waals surface area contributed by atoms with E-state index in [4.69, 9.17) is 26.7 Å². The fraction of sp³-hybridized carbons (Fsp3) is 0.435. The minimum atomic E-state index is -0.352. The molecule has 0 saturated carbocycles. The lowest BCUT2D eigenvalue weighted by Gasteiger charge is -2.35. The number of carbonyl (C=O) groups excluding carboxylic acids is 2. The number of piperazine rings is 1. The molecular weight excluding hydrogens is 490 g/mol. The normalized spacial score (nSPS) is 17.7. The first-order valence-corrected chi connectivity index (χ1v) is 12.5. The van der Waals surface area contributed by atoms with E-state index >= 15 is 0 Å². The van der Waals surface area contributed by atoms with Gasteiger partial charge in [0.25, 0.3) is 11.5 Å². The summed E-state index contributed by atoms with van der Waals surface area (Å²) in [5.41, 5.74) is 1.44. The van der Waals surface area contributed by atoms with Crippen molar-refractivity contribution >= 4 is 57.8 Å². The Kier molecular flexibility index (Phi) is 7.72. The monoisotopic (exact) mass is 517 g/mol. The average molecular weight is 518 g/mol. The Labute approximate surface area is 212 Å². The number of hydrogen-bond donors (Lipinski definition) is 0. The van der Waals surface area contributed by atoms with Gasteiger partial charge in [0.15, 0.2) is 0 Å². The summed E-state index contributed by atoms with van der Waals surface area (Å²) < 4.78 is 12.1. The number of aromatic nitrogens is 2. The highest BCUT2D eigenvalue weighted by Gasteiger charge is 2.33. The number of thiocarbonyl (C=S) groups is 1. The molecule has 4 rings (SSSR count). The Morgan fingerprint density at radius 3 is 2.69 bits per heavy atom. The minimum absolute atomic E-state index is 0.260. The van der Waals surface area contributed by atoms with Crippen molar-refractivity contribution in [1.82, 2.24) is 19.2 Å². The van der Waals surface area contributed by atoms with Gasteiger partial charge in [0, 0.05) is 39.5 Å². The Balaban J connectivity index is 1.74. The Morgan fingerprint density at radius 2 is 2.00 bits per heavy atom. The second kappa shape index (κ2) is 10.8. The van der Waals surface area contributed by atoms with Gasteiger partial charge in [-0.25, -0.2) is 9.78 Å². The van der Waals surface area contributed by atoms with Crippen LogP contribution in [0.5, 0.6) is 0 Å². The van der Waals surface area contributed by atoms with Crippen LogP contribution in [0.15, 0.2) is 28.0 Å². The first-order chi connectivity index (χ1) is 16.8. The first-order valence-electron chi connectivity index (χ1n) is 11.3. The number of amides is 2. The predicted molar refractivity (Wildman–Crippen MR) is 139 cm³/mol. The second-order valence-corrected chi connectivity index (χ2v) is 9.71. The number of fused-ring (bicyclic) bond motifs is 1. The quantitative estimate of drug-likeness (QED) is 0.422. The van der Waals surface area contributed by atoms with E-state index in [9.17, 15) is 14.4 Å². The number of pyridine rings is 1. The third-order valence-corrected chi connectivity index (χ3v) is 7.22. The van der Waals surface area contributed by atoms with Crippen LogP contribution in [-0.2, 0) is 14.3 Å². The molecule has 10 nitrogen and oxygen atoms in total. The van der Waals surface area contributed by atoms with Gasteiger partial charge in [-0.3, -0.25) is 18.9 Å². The first kappa shape index (κ1) is 25.1. The fourth-order valence-electron chi connectivity index (χ4n) is 3.99. The van der Waals surface area contributed by atoms with Crippen LogP contribution in [-0.4, -0.2) is 88.6 Å². The molecule has 0 aliphatic carbocycles. The zero-order valence-electron chi connectivity index (χ0n) is 19.9. The molecule has 2 aromatic heterocycles. The number of ether oxygens (including phenoxy) is 2. The van der Waals surface area contributed by atoms with Crippen molar-refractivity contribution in [2.45, 2.75) is 13.8 Å². The highest BCUT2D eigenvalue weighted by molar-refractivity contribution is 8.26. The van der Waals surface area contributed by atoms with Crippen LogP contribution in [0.3, 0.4) is 0 Å². The highest BCUT2D eigenvalue weighted by atomic mass is 32.2. The number of rotatable bonds is 6. The van der Waals surface area contributed by atoms with Crippen molar-refractivity contribution in [3.05, 3.63) is 44.7 Å². The molecule has 0 aromatic carbocycles. The lowest BCUT2D eigenvalue weighted by Crippen LogP contribution is -2.49. The van der Waals surface area contributed by atoms with Gasteiger partial charge in [0.05, 0.1) is 30.2 Å². The summed E-state index contributed by atoms with van der Waals surface area (Å²) >= 11 is 6.54. The molecule has 2 aliphatic rings. The van der Waals surface area contributed by atoms with Gasteiger partial charge in [-0.2, -0.15) is 0 Å². The number of carbonyl (C=O) groups is 2. The minimum Gasteiger partial charge on any atom is -0.450 e. The van der Waals surface area contributed by atoms with E-state index in [0.717, 1.165) is 17.3 Å². The number of thioether (sulfide) groups is 1.